The lowest BCUT2D eigenvalue weighted by Crippen LogP contribution is -2.53. The van der Waals surface area contributed by atoms with E-state index >= 15 is 0 Å². The summed E-state index contributed by atoms with van der Waals surface area (Å²) in [6.07, 6.45) is 8.01. The number of carboxylic acids is 2. The van der Waals surface area contributed by atoms with Gasteiger partial charge in [0.1, 0.15) is 5.78 Å². The molecule has 5 nitrogen and oxygen atoms in total. The number of hydrogen-bond acceptors (Lipinski definition) is 5. The molecule has 134 valence electrons. The molecule has 2 aliphatic rings. The first-order chi connectivity index (χ1) is 11.4. The van der Waals surface area contributed by atoms with E-state index in [2.05, 4.69) is 6.58 Å². The van der Waals surface area contributed by atoms with Gasteiger partial charge in [0, 0.05) is 17.8 Å². The van der Waals surface area contributed by atoms with Crippen LogP contribution in [-0.4, -0.2) is 17.7 Å². The number of carboxylic acid groups (broad SMARTS) is 2. The Hall–Kier alpha value is -1.65. The van der Waals surface area contributed by atoms with Crippen LogP contribution in [0.5, 0.6) is 0 Å². The second kappa shape index (κ2) is 7.95. The van der Waals surface area contributed by atoms with Crippen LogP contribution in [0.4, 0.5) is 0 Å². The molecule has 0 N–H and O–H groups in total. The Bertz CT molecular complexity index is 512. The zero-order chi connectivity index (χ0) is 17.7. The summed E-state index contributed by atoms with van der Waals surface area (Å²) >= 11 is 0. The summed E-state index contributed by atoms with van der Waals surface area (Å²) in [7, 11) is 0. The van der Waals surface area contributed by atoms with Gasteiger partial charge in [0.2, 0.25) is 0 Å². The molecular weight excluding hydrogens is 308 g/mol. The highest BCUT2D eigenvalue weighted by molar-refractivity contribution is 5.98. The van der Waals surface area contributed by atoms with Crippen molar-refractivity contribution >= 4 is 17.7 Å². The van der Waals surface area contributed by atoms with Crippen LogP contribution in [0.25, 0.3) is 0 Å². The Morgan fingerprint density at radius 2 is 1.38 bits per heavy atom. The Kier molecular flexibility index (Phi) is 6.19. The van der Waals surface area contributed by atoms with Gasteiger partial charge in [-0.1, -0.05) is 45.1 Å². The second-order valence-electron chi connectivity index (χ2n) is 7.34. The molecule has 0 bridgehead atoms. The molecule has 2 fully saturated rings. The highest BCUT2D eigenvalue weighted by Crippen LogP contribution is 2.46. The molecular formula is C19H26O5-2. The van der Waals surface area contributed by atoms with E-state index in [1.165, 1.54) is 0 Å². The van der Waals surface area contributed by atoms with E-state index in [9.17, 15) is 24.6 Å². The molecule has 2 rings (SSSR count). The normalized spacial score (nSPS) is 22.5. The largest absolute Gasteiger partial charge is 0.549 e. The SMILES string of the molecule is C=C(C(=O)[O-])C(CC(=O)C1CCCCC1)(C(=O)[O-])C1CCCCC1. The standard InChI is InChI=1S/C19H28O5/c1-13(17(21)22)19(18(23)24,15-10-6-3-7-11-15)12-16(20)14-8-4-2-5-9-14/h14-15H,1-12H2,(H,21,22)(H,23,24)/p-2. The summed E-state index contributed by atoms with van der Waals surface area (Å²) in [6, 6.07) is 0. The summed E-state index contributed by atoms with van der Waals surface area (Å²) in [5.41, 5.74) is -2.33. The highest BCUT2D eigenvalue weighted by atomic mass is 16.4. The first-order valence-corrected chi connectivity index (χ1v) is 9.04. The maximum absolute atomic E-state index is 12.7. The van der Waals surface area contributed by atoms with Gasteiger partial charge in [0.15, 0.2) is 0 Å². The van der Waals surface area contributed by atoms with Crippen LogP contribution < -0.4 is 10.2 Å². The summed E-state index contributed by atoms with van der Waals surface area (Å²) in [5, 5.41) is 23.5. The second-order valence-corrected chi connectivity index (χ2v) is 7.34. The molecule has 0 amide bonds. The van der Waals surface area contributed by atoms with E-state index in [0.29, 0.717) is 12.8 Å². The number of carbonyl (C=O) groups excluding carboxylic acids is 3. The van der Waals surface area contributed by atoms with Gasteiger partial charge in [-0.15, -0.1) is 0 Å². The minimum atomic E-state index is -1.83. The van der Waals surface area contributed by atoms with Crippen molar-refractivity contribution in [3.8, 4) is 0 Å². The van der Waals surface area contributed by atoms with Crippen LogP contribution in [0.1, 0.15) is 70.6 Å². The topological polar surface area (TPSA) is 97.3 Å². The molecule has 24 heavy (non-hydrogen) atoms. The fraction of sp³-hybridized carbons (Fsp3) is 0.737. The van der Waals surface area contributed by atoms with Crippen LogP contribution in [0.2, 0.25) is 0 Å². The van der Waals surface area contributed by atoms with E-state index in [-0.39, 0.29) is 18.1 Å². The van der Waals surface area contributed by atoms with Crippen LogP contribution in [0.15, 0.2) is 12.2 Å². The number of aliphatic carboxylic acids is 2. The molecule has 0 saturated heterocycles. The first kappa shape index (κ1) is 18.7. The summed E-state index contributed by atoms with van der Waals surface area (Å²) in [6.45, 7) is 3.49. The number of Topliss-reactive ketones (excluding diaryl/α,β-unsaturated/α-hetero) is 1. The fourth-order valence-electron chi connectivity index (χ4n) is 4.48. The minimum absolute atomic E-state index is 0.160. The van der Waals surface area contributed by atoms with Gasteiger partial charge in [0.25, 0.3) is 0 Å². The number of hydrogen-bond donors (Lipinski definition) is 0. The Labute approximate surface area is 143 Å². The molecule has 1 unspecified atom stereocenters. The average molecular weight is 334 g/mol. The summed E-state index contributed by atoms with van der Waals surface area (Å²) in [5.74, 6) is -3.84. The Morgan fingerprint density at radius 1 is 0.875 bits per heavy atom. The molecule has 1 atom stereocenters. The quantitative estimate of drug-likeness (QED) is 0.651. The maximum Gasteiger partial charge on any atom is 0.137 e. The lowest BCUT2D eigenvalue weighted by Gasteiger charge is -2.45. The van der Waals surface area contributed by atoms with Crippen LogP contribution in [-0.2, 0) is 14.4 Å². The van der Waals surface area contributed by atoms with E-state index in [1.807, 2.05) is 0 Å². The van der Waals surface area contributed by atoms with E-state index in [1.54, 1.807) is 0 Å². The predicted octanol–water partition coefficient (Wildman–Crippen LogP) is 1.15. The molecule has 0 spiro atoms. The summed E-state index contributed by atoms with van der Waals surface area (Å²) < 4.78 is 0. The molecule has 0 radical (unpaired) electrons. The van der Waals surface area contributed by atoms with Crippen molar-refractivity contribution in [3.63, 3.8) is 0 Å². The Balaban J connectivity index is 2.32. The molecule has 0 aromatic rings. The van der Waals surface area contributed by atoms with Gasteiger partial charge in [-0.05, 0) is 37.2 Å². The molecule has 0 aromatic heterocycles. The van der Waals surface area contributed by atoms with Gasteiger partial charge in [0.05, 0.1) is 11.9 Å². The highest BCUT2D eigenvalue weighted by Gasteiger charge is 2.46. The van der Waals surface area contributed by atoms with Crippen LogP contribution in [0, 0.1) is 17.3 Å². The van der Waals surface area contributed by atoms with Gasteiger partial charge < -0.3 is 19.8 Å². The molecule has 0 heterocycles. The maximum atomic E-state index is 12.7. The average Bonchev–Trinajstić information content (AvgIpc) is 2.60. The van der Waals surface area contributed by atoms with Crippen molar-refractivity contribution in [1.82, 2.24) is 0 Å². The Morgan fingerprint density at radius 3 is 1.83 bits per heavy atom. The van der Waals surface area contributed by atoms with Crippen molar-refractivity contribution in [2.45, 2.75) is 70.6 Å². The van der Waals surface area contributed by atoms with Crippen molar-refractivity contribution in [2.75, 3.05) is 0 Å². The molecule has 2 aliphatic carbocycles. The lowest BCUT2D eigenvalue weighted by molar-refractivity contribution is -0.325. The number of rotatable bonds is 7. The zero-order valence-corrected chi connectivity index (χ0v) is 14.2. The van der Waals surface area contributed by atoms with E-state index < -0.39 is 28.8 Å². The number of ketones is 1. The third kappa shape index (κ3) is 3.70. The molecule has 0 aromatic carbocycles. The fourth-order valence-corrected chi connectivity index (χ4v) is 4.48. The monoisotopic (exact) mass is 334 g/mol. The molecule has 0 aliphatic heterocycles. The molecule has 2 saturated carbocycles. The zero-order valence-electron chi connectivity index (χ0n) is 14.2. The van der Waals surface area contributed by atoms with E-state index in [0.717, 1.165) is 51.4 Å². The predicted molar refractivity (Wildman–Crippen MR) is 84.4 cm³/mol. The van der Waals surface area contributed by atoms with Gasteiger partial charge in [-0.3, -0.25) is 4.79 Å². The van der Waals surface area contributed by atoms with E-state index in [4.69, 9.17) is 0 Å². The van der Waals surface area contributed by atoms with Crippen LogP contribution >= 0.6 is 0 Å². The van der Waals surface area contributed by atoms with Crippen molar-refractivity contribution in [2.24, 2.45) is 17.3 Å². The minimum Gasteiger partial charge on any atom is -0.549 e. The molecule has 5 heteroatoms. The number of carbonyl (C=O) groups is 3. The van der Waals surface area contributed by atoms with Crippen molar-refractivity contribution in [1.29, 1.82) is 0 Å². The van der Waals surface area contributed by atoms with Gasteiger partial charge >= 0.3 is 0 Å². The third-order valence-corrected chi connectivity index (χ3v) is 5.96. The summed E-state index contributed by atoms with van der Waals surface area (Å²) in [4.78, 5) is 36.2. The van der Waals surface area contributed by atoms with Crippen LogP contribution in [0.3, 0.4) is 0 Å². The van der Waals surface area contributed by atoms with Crippen molar-refractivity contribution < 1.29 is 24.6 Å². The smallest absolute Gasteiger partial charge is 0.137 e. The van der Waals surface area contributed by atoms with Gasteiger partial charge in [-0.25, -0.2) is 0 Å². The van der Waals surface area contributed by atoms with Gasteiger partial charge in [-0.2, -0.15) is 0 Å². The first-order valence-electron chi connectivity index (χ1n) is 9.04. The lowest BCUT2D eigenvalue weighted by atomic mass is 9.61. The van der Waals surface area contributed by atoms with Crippen molar-refractivity contribution in [3.05, 3.63) is 12.2 Å². The third-order valence-electron chi connectivity index (χ3n) is 5.96.